The van der Waals surface area contributed by atoms with Gasteiger partial charge in [0, 0.05) is 44.1 Å². The van der Waals surface area contributed by atoms with Crippen molar-refractivity contribution in [2.75, 3.05) is 49.5 Å². The number of hydrogen-bond acceptors (Lipinski definition) is 4. The second-order valence-corrected chi connectivity index (χ2v) is 9.36. The Bertz CT molecular complexity index is 1090. The van der Waals surface area contributed by atoms with Crippen LogP contribution in [0.5, 0.6) is 0 Å². The first-order valence-corrected chi connectivity index (χ1v) is 12.0. The average molecular weight is 509 g/mol. The number of alkyl halides is 3. The van der Waals surface area contributed by atoms with Gasteiger partial charge in [-0.3, -0.25) is 19.4 Å². The number of halogens is 4. The Kier molecular flexibility index (Phi) is 7.68. The van der Waals surface area contributed by atoms with Crippen molar-refractivity contribution in [1.82, 2.24) is 9.80 Å². The molecule has 0 radical (unpaired) electrons. The molecule has 2 amide bonds. The number of rotatable bonds is 5. The van der Waals surface area contributed by atoms with Crippen molar-refractivity contribution >= 4 is 34.8 Å². The number of carbonyl (C=O) groups excluding carboxylic acids is 2. The largest absolute Gasteiger partial charge is 0.417 e. The van der Waals surface area contributed by atoms with Gasteiger partial charge >= 0.3 is 6.18 Å². The number of amides is 2. The zero-order chi connectivity index (χ0) is 25.2. The quantitative estimate of drug-likeness (QED) is 0.655. The standard InChI is InChI=1S/C25H28ClF3N4O2/c1-17(24(35)33-10-4-6-18-5-2-3-7-22(18)33)32-13-11-31(12-14-32)16-23(34)30-19-8-9-21(26)20(15-19)25(27,28)29/h2-3,5,7-9,15,17H,4,6,10-14,16H2,1H3,(H,30,34)/t17-/m1/s1. The first kappa shape index (κ1) is 25.5. The highest BCUT2D eigenvalue weighted by Crippen LogP contribution is 2.36. The second kappa shape index (κ2) is 10.6. The Morgan fingerprint density at radius 3 is 2.49 bits per heavy atom. The highest BCUT2D eigenvalue weighted by Gasteiger charge is 2.34. The van der Waals surface area contributed by atoms with E-state index in [1.165, 1.54) is 11.6 Å². The van der Waals surface area contributed by atoms with Crippen molar-refractivity contribution in [2.24, 2.45) is 0 Å². The van der Waals surface area contributed by atoms with E-state index in [4.69, 9.17) is 11.6 Å². The minimum absolute atomic E-state index is 0.0476. The summed E-state index contributed by atoms with van der Waals surface area (Å²) in [5.74, 6) is -0.325. The summed E-state index contributed by atoms with van der Waals surface area (Å²) in [6.07, 6.45) is -2.68. The van der Waals surface area contributed by atoms with E-state index in [1.54, 1.807) is 0 Å². The first-order valence-electron chi connectivity index (χ1n) is 11.7. The fourth-order valence-electron chi connectivity index (χ4n) is 4.68. The maximum absolute atomic E-state index is 13.3. The molecule has 0 aromatic heterocycles. The van der Waals surface area contributed by atoms with Crippen LogP contribution in [0.15, 0.2) is 42.5 Å². The van der Waals surface area contributed by atoms with Gasteiger partial charge in [-0.1, -0.05) is 29.8 Å². The van der Waals surface area contributed by atoms with E-state index in [1.807, 2.05) is 34.9 Å². The van der Waals surface area contributed by atoms with Gasteiger partial charge < -0.3 is 10.2 Å². The monoisotopic (exact) mass is 508 g/mol. The zero-order valence-corrected chi connectivity index (χ0v) is 20.2. The third-order valence-electron chi connectivity index (χ3n) is 6.61. The lowest BCUT2D eigenvalue weighted by Crippen LogP contribution is -2.56. The molecular formula is C25H28ClF3N4O2. The molecule has 1 saturated heterocycles. The SMILES string of the molecule is C[C@H](C(=O)N1CCCc2ccccc21)N1CCN(CC(=O)Nc2ccc(Cl)c(C(F)(F)F)c2)CC1. The molecule has 1 fully saturated rings. The van der Waals surface area contributed by atoms with Crippen molar-refractivity contribution in [2.45, 2.75) is 32.0 Å². The van der Waals surface area contributed by atoms with Gasteiger partial charge in [0.25, 0.3) is 0 Å². The number of piperazine rings is 1. The molecule has 35 heavy (non-hydrogen) atoms. The smallest absolute Gasteiger partial charge is 0.325 e. The summed E-state index contributed by atoms with van der Waals surface area (Å²) in [6.45, 7) is 5.08. The predicted molar refractivity (Wildman–Crippen MR) is 130 cm³/mol. The Labute approximate surface area is 207 Å². The number of fused-ring (bicyclic) bond motifs is 1. The number of anilines is 2. The van der Waals surface area contributed by atoms with E-state index in [2.05, 4.69) is 16.3 Å². The molecule has 2 aromatic rings. The van der Waals surface area contributed by atoms with Crippen molar-refractivity contribution in [3.63, 3.8) is 0 Å². The maximum Gasteiger partial charge on any atom is 0.417 e. The Morgan fingerprint density at radius 1 is 1.06 bits per heavy atom. The fraction of sp³-hybridized carbons (Fsp3) is 0.440. The lowest BCUT2D eigenvalue weighted by atomic mass is 10.0. The number of benzene rings is 2. The average Bonchev–Trinajstić information content (AvgIpc) is 2.83. The second-order valence-electron chi connectivity index (χ2n) is 8.95. The summed E-state index contributed by atoms with van der Waals surface area (Å²) in [5.41, 5.74) is 1.24. The summed E-state index contributed by atoms with van der Waals surface area (Å²) in [7, 11) is 0. The fourth-order valence-corrected chi connectivity index (χ4v) is 4.90. The molecule has 1 atom stereocenters. The number of aryl methyl sites for hydroxylation is 1. The molecular weight excluding hydrogens is 481 g/mol. The maximum atomic E-state index is 13.3. The summed E-state index contributed by atoms with van der Waals surface area (Å²) >= 11 is 5.64. The number of para-hydroxylation sites is 1. The van der Waals surface area contributed by atoms with Crippen LogP contribution in [-0.4, -0.2) is 66.9 Å². The summed E-state index contributed by atoms with van der Waals surface area (Å²) in [6, 6.07) is 11.0. The van der Waals surface area contributed by atoms with E-state index in [0.717, 1.165) is 30.7 Å². The third kappa shape index (κ3) is 5.97. The topological polar surface area (TPSA) is 55.9 Å². The van der Waals surface area contributed by atoms with Crippen molar-refractivity contribution < 1.29 is 22.8 Å². The van der Waals surface area contributed by atoms with Crippen LogP contribution in [0.2, 0.25) is 5.02 Å². The van der Waals surface area contributed by atoms with Crippen molar-refractivity contribution in [3.05, 3.63) is 58.6 Å². The molecule has 0 saturated carbocycles. The highest BCUT2D eigenvalue weighted by molar-refractivity contribution is 6.31. The van der Waals surface area contributed by atoms with Crippen LogP contribution in [0.4, 0.5) is 24.5 Å². The Balaban J connectivity index is 1.29. The van der Waals surface area contributed by atoms with Crippen molar-refractivity contribution in [3.8, 4) is 0 Å². The van der Waals surface area contributed by atoms with Gasteiger partial charge in [0.1, 0.15) is 0 Å². The summed E-state index contributed by atoms with van der Waals surface area (Å²) < 4.78 is 39.2. The van der Waals surface area contributed by atoms with Gasteiger partial charge in [-0.2, -0.15) is 13.2 Å². The van der Waals surface area contributed by atoms with Crippen LogP contribution in [0, 0.1) is 0 Å². The third-order valence-corrected chi connectivity index (χ3v) is 6.94. The number of hydrogen-bond donors (Lipinski definition) is 1. The van der Waals surface area contributed by atoms with E-state index < -0.39 is 22.7 Å². The van der Waals surface area contributed by atoms with Gasteiger partial charge in [0.2, 0.25) is 11.8 Å². The minimum atomic E-state index is -4.60. The van der Waals surface area contributed by atoms with E-state index in [-0.39, 0.29) is 24.2 Å². The van der Waals surface area contributed by atoms with Gasteiger partial charge in [-0.25, -0.2) is 0 Å². The molecule has 2 aromatic carbocycles. The predicted octanol–water partition coefficient (Wildman–Crippen LogP) is 4.28. The molecule has 0 unspecified atom stereocenters. The van der Waals surface area contributed by atoms with Crippen LogP contribution in [-0.2, 0) is 22.2 Å². The molecule has 0 spiro atoms. The Hall–Kier alpha value is -2.62. The summed E-state index contributed by atoms with van der Waals surface area (Å²) in [5, 5.41) is 2.11. The molecule has 10 heteroatoms. The van der Waals surface area contributed by atoms with E-state index >= 15 is 0 Å². The van der Waals surface area contributed by atoms with Crippen molar-refractivity contribution in [1.29, 1.82) is 0 Å². The zero-order valence-electron chi connectivity index (χ0n) is 19.4. The summed E-state index contributed by atoms with van der Waals surface area (Å²) in [4.78, 5) is 31.6. The molecule has 0 aliphatic carbocycles. The van der Waals surface area contributed by atoms with E-state index in [9.17, 15) is 22.8 Å². The number of carbonyl (C=O) groups is 2. The molecule has 6 nitrogen and oxygen atoms in total. The van der Waals surface area contributed by atoms with Crippen LogP contribution in [0.25, 0.3) is 0 Å². The molecule has 4 rings (SSSR count). The minimum Gasteiger partial charge on any atom is -0.325 e. The van der Waals surface area contributed by atoms with Crippen LogP contribution >= 0.6 is 11.6 Å². The van der Waals surface area contributed by atoms with Gasteiger partial charge in [0.15, 0.2) is 0 Å². The van der Waals surface area contributed by atoms with Gasteiger partial charge in [0.05, 0.1) is 23.2 Å². The molecule has 2 aliphatic rings. The van der Waals surface area contributed by atoms with Crippen LogP contribution in [0.3, 0.4) is 0 Å². The van der Waals surface area contributed by atoms with E-state index in [0.29, 0.717) is 32.7 Å². The van der Waals surface area contributed by atoms with Gasteiger partial charge in [-0.05, 0) is 49.6 Å². The molecule has 0 bridgehead atoms. The van der Waals surface area contributed by atoms with Gasteiger partial charge in [-0.15, -0.1) is 0 Å². The molecule has 2 aliphatic heterocycles. The highest BCUT2D eigenvalue weighted by atomic mass is 35.5. The first-order chi connectivity index (χ1) is 16.6. The normalized spacial score (nSPS) is 18.1. The lowest BCUT2D eigenvalue weighted by Gasteiger charge is -2.39. The molecule has 188 valence electrons. The lowest BCUT2D eigenvalue weighted by molar-refractivity contribution is -0.137. The molecule has 1 N–H and O–H groups in total. The van der Waals surface area contributed by atoms with Crippen LogP contribution in [0.1, 0.15) is 24.5 Å². The molecule has 2 heterocycles. The van der Waals surface area contributed by atoms with Crippen LogP contribution < -0.4 is 10.2 Å². The number of nitrogens with one attached hydrogen (secondary N) is 1. The Morgan fingerprint density at radius 2 is 1.77 bits per heavy atom. The number of nitrogens with zero attached hydrogens (tertiary/aromatic N) is 3.